The van der Waals surface area contributed by atoms with Crippen molar-refractivity contribution in [2.75, 3.05) is 6.54 Å². The first-order chi connectivity index (χ1) is 12.3. The van der Waals surface area contributed by atoms with Gasteiger partial charge in [-0.1, -0.05) is 11.3 Å². The smallest absolute Gasteiger partial charge is 0.212 e. The summed E-state index contributed by atoms with van der Waals surface area (Å²) in [6.45, 7) is 4.96. The fourth-order valence-electron chi connectivity index (χ4n) is 3.29. The first kappa shape index (κ1) is 17.2. The molecule has 4 aromatic rings. The number of nitrogens with zero attached hydrogens (tertiary/aromatic N) is 7. The lowest BCUT2D eigenvalue weighted by Gasteiger charge is -2.13. The molecule has 1 unspecified atom stereocenters. The maximum Gasteiger partial charge on any atom is 0.212 e. The molecule has 4 aromatic heterocycles. The van der Waals surface area contributed by atoms with E-state index in [-0.39, 0.29) is 18.4 Å². The van der Waals surface area contributed by atoms with Gasteiger partial charge in [0.05, 0.1) is 23.6 Å². The van der Waals surface area contributed by atoms with Crippen molar-refractivity contribution in [3.63, 3.8) is 0 Å². The zero-order valence-corrected chi connectivity index (χ0v) is 15.9. The molecule has 0 spiro atoms. The van der Waals surface area contributed by atoms with Crippen molar-refractivity contribution in [1.29, 1.82) is 0 Å². The monoisotopic (exact) mass is 390 g/mol. The van der Waals surface area contributed by atoms with Gasteiger partial charge in [0.2, 0.25) is 4.96 Å². The molecule has 26 heavy (non-hydrogen) atoms. The maximum absolute atomic E-state index is 4.78. The molecule has 0 aliphatic carbocycles. The number of aryl methyl sites for hydroxylation is 1. The Balaban J connectivity index is 0.00000168. The molecular formula is C16H19ClN8S. The zero-order valence-electron chi connectivity index (χ0n) is 14.2. The number of hydrogen-bond donors (Lipinski definition) is 1. The summed E-state index contributed by atoms with van der Waals surface area (Å²) in [6.07, 6.45) is 6.89. The van der Waals surface area contributed by atoms with Crippen LogP contribution in [0.5, 0.6) is 0 Å². The normalized spacial score (nSPS) is 15.4. The van der Waals surface area contributed by atoms with Crippen molar-refractivity contribution in [3.05, 3.63) is 41.6 Å². The van der Waals surface area contributed by atoms with Gasteiger partial charge in [0.15, 0.2) is 5.82 Å². The molecule has 0 radical (unpaired) electrons. The van der Waals surface area contributed by atoms with E-state index in [0.29, 0.717) is 0 Å². The minimum atomic E-state index is 0. The van der Waals surface area contributed by atoms with E-state index in [9.17, 15) is 0 Å². The topological polar surface area (TPSA) is 77.9 Å². The van der Waals surface area contributed by atoms with Gasteiger partial charge in [0, 0.05) is 25.5 Å². The number of halogens is 1. The van der Waals surface area contributed by atoms with Crippen LogP contribution in [-0.2, 0) is 13.1 Å². The van der Waals surface area contributed by atoms with E-state index < -0.39 is 0 Å². The van der Waals surface area contributed by atoms with Gasteiger partial charge in [0.1, 0.15) is 11.2 Å². The lowest BCUT2D eigenvalue weighted by molar-refractivity contribution is 0.585. The van der Waals surface area contributed by atoms with Gasteiger partial charge < -0.3 is 9.88 Å². The van der Waals surface area contributed by atoms with Crippen molar-refractivity contribution >= 4 is 28.7 Å². The third kappa shape index (κ3) is 2.81. The third-order valence-electron chi connectivity index (χ3n) is 4.64. The van der Waals surface area contributed by atoms with Crippen LogP contribution in [-0.4, -0.2) is 40.5 Å². The maximum atomic E-state index is 4.78. The summed E-state index contributed by atoms with van der Waals surface area (Å²) in [5.74, 6) is 0.873. The number of hydrogen-bond acceptors (Lipinski definition) is 6. The van der Waals surface area contributed by atoms with Gasteiger partial charge in [-0.15, -0.1) is 12.4 Å². The molecule has 1 N–H and O–H groups in total. The Hall–Kier alpha value is -2.23. The molecule has 5 rings (SSSR count). The van der Waals surface area contributed by atoms with Crippen LogP contribution >= 0.6 is 23.7 Å². The molecule has 10 heteroatoms. The van der Waals surface area contributed by atoms with E-state index in [1.54, 1.807) is 5.51 Å². The van der Waals surface area contributed by atoms with Crippen LogP contribution in [0, 0.1) is 0 Å². The Morgan fingerprint density at radius 1 is 1.35 bits per heavy atom. The Morgan fingerprint density at radius 2 is 2.27 bits per heavy atom. The molecule has 1 aliphatic heterocycles. The summed E-state index contributed by atoms with van der Waals surface area (Å²) in [5.41, 5.74) is 4.89. The van der Waals surface area contributed by atoms with Crippen molar-refractivity contribution in [3.8, 4) is 11.5 Å². The molecule has 1 aliphatic rings. The second-order valence-electron chi connectivity index (χ2n) is 6.24. The molecule has 0 aromatic carbocycles. The quantitative estimate of drug-likeness (QED) is 0.581. The van der Waals surface area contributed by atoms with E-state index in [0.717, 1.165) is 48.2 Å². The van der Waals surface area contributed by atoms with Crippen LogP contribution in [0.1, 0.15) is 30.8 Å². The zero-order chi connectivity index (χ0) is 16.8. The van der Waals surface area contributed by atoms with Crippen molar-refractivity contribution in [2.45, 2.75) is 32.5 Å². The first-order valence-corrected chi connectivity index (χ1v) is 9.27. The van der Waals surface area contributed by atoms with Gasteiger partial charge in [-0.2, -0.15) is 10.2 Å². The summed E-state index contributed by atoms with van der Waals surface area (Å²) in [5, 5.41) is 12.5. The number of aromatic nitrogens is 7. The number of fused-ring (bicyclic) bond motifs is 2. The lowest BCUT2D eigenvalue weighted by atomic mass is 10.2. The predicted molar refractivity (Wildman–Crippen MR) is 102 cm³/mol. The standard InChI is InChI=1S/C16H18N8S.ClH/c1-11(14-9-24-16(20-14)25-10-19-24)22-6-4-18-15(22)13-7-12-8-17-3-2-5-23(12)21-13;/h4,6-7,9-11,17H,2-3,5,8H2,1H3;1H. The molecule has 0 bridgehead atoms. The van der Waals surface area contributed by atoms with Gasteiger partial charge in [-0.3, -0.25) is 4.68 Å². The fourth-order valence-corrected chi connectivity index (χ4v) is 3.90. The van der Waals surface area contributed by atoms with Gasteiger partial charge >= 0.3 is 0 Å². The minimum Gasteiger partial charge on any atom is -0.321 e. The highest BCUT2D eigenvalue weighted by Crippen LogP contribution is 2.26. The fraction of sp³-hybridized carbons (Fsp3) is 0.375. The molecule has 0 saturated heterocycles. The number of rotatable bonds is 3. The van der Waals surface area contributed by atoms with Crippen LogP contribution < -0.4 is 5.32 Å². The highest BCUT2D eigenvalue weighted by atomic mass is 35.5. The predicted octanol–water partition coefficient (Wildman–Crippen LogP) is 2.38. The first-order valence-electron chi connectivity index (χ1n) is 8.39. The second-order valence-corrected chi connectivity index (χ2v) is 7.05. The Labute approximate surface area is 160 Å². The van der Waals surface area contributed by atoms with Crippen LogP contribution in [0.4, 0.5) is 0 Å². The van der Waals surface area contributed by atoms with Crippen LogP contribution in [0.25, 0.3) is 16.5 Å². The van der Waals surface area contributed by atoms with Crippen LogP contribution in [0.15, 0.2) is 30.2 Å². The van der Waals surface area contributed by atoms with Crippen molar-refractivity contribution < 1.29 is 0 Å². The highest BCUT2D eigenvalue weighted by molar-refractivity contribution is 7.14. The Bertz CT molecular complexity index is 976. The van der Waals surface area contributed by atoms with E-state index >= 15 is 0 Å². The molecule has 0 fully saturated rings. The third-order valence-corrected chi connectivity index (χ3v) is 5.33. The summed E-state index contributed by atoms with van der Waals surface area (Å²) in [6, 6.07) is 2.20. The number of imidazole rings is 2. The van der Waals surface area contributed by atoms with E-state index in [1.165, 1.54) is 17.0 Å². The summed E-state index contributed by atoms with van der Waals surface area (Å²) < 4.78 is 6.04. The molecule has 136 valence electrons. The lowest BCUT2D eigenvalue weighted by Crippen LogP contribution is -2.11. The van der Waals surface area contributed by atoms with Gasteiger partial charge in [-0.25, -0.2) is 14.5 Å². The molecule has 1 atom stereocenters. The Morgan fingerprint density at radius 3 is 3.15 bits per heavy atom. The SMILES string of the molecule is CC(c1cn2ncsc2n1)n1ccnc1-c1cc2n(n1)CCCNC2.Cl. The van der Waals surface area contributed by atoms with Crippen LogP contribution in [0.3, 0.4) is 0 Å². The summed E-state index contributed by atoms with van der Waals surface area (Å²) in [4.78, 5) is 10.1. The molecule has 0 amide bonds. The van der Waals surface area contributed by atoms with Crippen molar-refractivity contribution in [2.24, 2.45) is 0 Å². The summed E-state index contributed by atoms with van der Waals surface area (Å²) in [7, 11) is 0. The molecular weight excluding hydrogens is 372 g/mol. The molecule has 0 saturated carbocycles. The van der Waals surface area contributed by atoms with E-state index in [1.807, 2.05) is 23.1 Å². The highest BCUT2D eigenvalue weighted by Gasteiger charge is 2.20. The average molecular weight is 391 g/mol. The van der Waals surface area contributed by atoms with Crippen LogP contribution in [0.2, 0.25) is 0 Å². The van der Waals surface area contributed by atoms with Gasteiger partial charge in [-0.05, 0) is 26.0 Å². The molecule has 8 nitrogen and oxygen atoms in total. The van der Waals surface area contributed by atoms with Crippen molar-refractivity contribution in [1.82, 2.24) is 39.2 Å². The number of nitrogens with one attached hydrogen (secondary N) is 1. The van der Waals surface area contributed by atoms with Gasteiger partial charge in [0.25, 0.3) is 0 Å². The Kier molecular flexibility index (Phi) is 4.51. The largest absolute Gasteiger partial charge is 0.321 e. The second kappa shape index (κ2) is 6.82. The average Bonchev–Trinajstić information content (AvgIpc) is 3.35. The minimum absolute atomic E-state index is 0. The van der Waals surface area contributed by atoms with E-state index in [2.05, 4.69) is 42.6 Å². The molecule has 5 heterocycles. The van der Waals surface area contributed by atoms with E-state index in [4.69, 9.17) is 5.10 Å². The summed E-state index contributed by atoms with van der Waals surface area (Å²) >= 11 is 1.54.